The van der Waals surface area contributed by atoms with Crippen LogP contribution in [-0.4, -0.2) is 31.3 Å². The van der Waals surface area contributed by atoms with Crippen molar-refractivity contribution >= 4 is 22.7 Å². The molecule has 2 aromatic rings. The number of rotatable bonds is 7. The zero-order valence-corrected chi connectivity index (χ0v) is 12.5. The first-order chi connectivity index (χ1) is 9.19. The summed E-state index contributed by atoms with van der Waals surface area (Å²) in [7, 11) is 4.15. The Bertz CT molecular complexity index is 522. The first-order valence-corrected chi connectivity index (χ1v) is 7.78. The molecule has 3 nitrogen and oxygen atoms in total. The average molecular weight is 278 g/mol. The summed E-state index contributed by atoms with van der Waals surface area (Å²) in [5, 5.41) is 1.19. The molecule has 1 aromatic carbocycles. The van der Waals surface area contributed by atoms with E-state index in [0.717, 1.165) is 42.4 Å². The van der Waals surface area contributed by atoms with Crippen LogP contribution in [0.3, 0.4) is 0 Å². The minimum Gasteiger partial charge on any atom is -0.460 e. The number of thioether (sulfide) groups is 1. The fraction of sp³-hybridized carbons (Fsp3) is 0.467. The van der Waals surface area contributed by atoms with Crippen LogP contribution in [0, 0.1) is 0 Å². The Balaban J connectivity index is 2.03. The van der Waals surface area contributed by atoms with E-state index in [-0.39, 0.29) is 0 Å². The van der Waals surface area contributed by atoms with Crippen LogP contribution in [0.5, 0.6) is 0 Å². The third-order valence-corrected chi connectivity index (χ3v) is 3.94. The highest BCUT2D eigenvalue weighted by Crippen LogP contribution is 2.24. The fourth-order valence-electron chi connectivity index (χ4n) is 2.02. The molecule has 2 rings (SSSR count). The predicted octanol–water partition coefficient (Wildman–Crippen LogP) is 3.08. The van der Waals surface area contributed by atoms with Gasteiger partial charge in [-0.15, -0.1) is 0 Å². The van der Waals surface area contributed by atoms with Crippen molar-refractivity contribution in [2.45, 2.75) is 18.7 Å². The van der Waals surface area contributed by atoms with Crippen molar-refractivity contribution in [3.63, 3.8) is 0 Å². The molecule has 1 aromatic heterocycles. The maximum absolute atomic E-state index is 5.90. The monoisotopic (exact) mass is 278 g/mol. The quantitative estimate of drug-likeness (QED) is 0.790. The number of hydrogen-bond donors (Lipinski definition) is 1. The standard InChI is InChI=1S/C15H22N2OS/c1-17(2)10-12-4-5-13-9-14(18-15(13)8-12)11-19-7-3-6-16/h4-5,8-9H,3,6-7,10-11,16H2,1-2H3. The summed E-state index contributed by atoms with van der Waals surface area (Å²) < 4.78 is 5.90. The Kier molecular flexibility index (Phi) is 5.31. The van der Waals surface area contributed by atoms with Crippen molar-refractivity contribution in [3.05, 3.63) is 35.6 Å². The summed E-state index contributed by atoms with van der Waals surface area (Å²) >= 11 is 1.88. The molecule has 0 amide bonds. The van der Waals surface area contributed by atoms with Crippen molar-refractivity contribution in [2.24, 2.45) is 5.73 Å². The van der Waals surface area contributed by atoms with Gasteiger partial charge >= 0.3 is 0 Å². The van der Waals surface area contributed by atoms with E-state index in [0.29, 0.717) is 0 Å². The molecular formula is C15H22N2OS. The van der Waals surface area contributed by atoms with Gasteiger partial charge < -0.3 is 15.1 Å². The molecule has 2 N–H and O–H groups in total. The summed E-state index contributed by atoms with van der Waals surface area (Å²) in [6.07, 6.45) is 1.07. The highest BCUT2D eigenvalue weighted by molar-refractivity contribution is 7.98. The number of fused-ring (bicyclic) bond motifs is 1. The highest BCUT2D eigenvalue weighted by atomic mass is 32.2. The smallest absolute Gasteiger partial charge is 0.134 e. The van der Waals surface area contributed by atoms with Crippen molar-refractivity contribution in [1.29, 1.82) is 0 Å². The zero-order valence-electron chi connectivity index (χ0n) is 11.7. The van der Waals surface area contributed by atoms with Crippen LogP contribution in [-0.2, 0) is 12.3 Å². The van der Waals surface area contributed by atoms with Crippen LogP contribution in [0.4, 0.5) is 0 Å². The lowest BCUT2D eigenvalue weighted by Crippen LogP contribution is -2.10. The molecule has 0 spiro atoms. The Morgan fingerprint density at radius 2 is 2.11 bits per heavy atom. The van der Waals surface area contributed by atoms with Crippen LogP contribution in [0.25, 0.3) is 11.0 Å². The molecule has 0 aliphatic heterocycles. The Hall–Kier alpha value is -0.970. The van der Waals surface area contributed by atoms with Gasteiger partial charge in [-0.3, -0.25) is 0 Å². The van der Waals surface area contributed by atoms with Crippen LogP contribution in [0.15, 0.2) is 28.7 Å². The number of nitrogens with two attached hydrogens (primary N) is 1. The number of benzene rings is 1. The van der Waals surface area contributed by atoms with Crippen molar-refractivity contribution in [2.75, 3.05) is 26.4 Å². The van der Waals surface area contributed by atoms with E-state index < -0.39 is 0 Å². The Morgan fingerprint density at radius 1 is 1.26 bits per heavy atom. The second-order valence-electron chi connectivity index (χ2n) is 5.02. The second-order valence-corrected chi connectivity index (χ2v) is 6.12. The summed E-state index contributed by atoms with van der Waals surface area (Å²) in [6, 6.07) is 8.60. The van der Waals surface area contributed by atoms with Crippen LogP contribution in [0.2, 0.25) is 0 Å². The first-order valence-electron chi connectivity index (χ1n) is 6.63. The van der Waals surface area contributed by atoms with Gasteiger partial charge in [-0.05, 0) is 50.5 Å². The van der Waals surface area contributed by atoms with E-state index in [2.05, 4.69) is 43.3 Å². The summed E-state index contributed by atoms with van der Waals surface area (Å²) in [4.78, 5) is 2.16. The summed E-state index contributed by atoms with van der Waals surface area (Å²) in [6.45, 7) is 1.71. The van der Waals surface area contributed by atoms with Crippen LogP contribution >= 0.6 is 11.8 Å². The first kappa shape index (κ1) is 14.4. The topological polar surface area (TPSA) is 42.4 Å². The van der Waals surface area contributed by atoms with Gasteiger partial charge in [0.2, 0.25) is 0 Å². The molecule has 0 saturated heterocycles. The zero-order chi connectivity index (χ0) is 13.7. The minimum absolute atomic E-state index is 0.765. The molecule has 0 saturated carbocycles. The highest BCUT2D eigenvalue weighted by Gasteiger charge is 2.05. The molecule has 0 bridgehead atoms. The van der Waals surface area contributed by atoms with E-state index >= 15 is 0 Å². The summed E-state index contributed by atoms with van der Waals surface area (Å²) in [5.74, 6) is 3.08. The average Bonchev–Trinajstić information content (AvgIpc) is 2.76. The van der Waals surface area contributed by atoms with Gasteiger partial charge in [0, 0.05) is 11.9 Å². The second kappa shape index (κ2) is 6.98. The molecule has 1 heterocycles. The summed E-state index contributed by atoms with van der Waals surface area (Å²) in [5.41, 5.74) is 7.77. The fourth-order valence-corrected chi connectivity index (χ4v) is 2.88. The maximum atomic E-state index is 5.90. The van der Waals surface area contributed by atoms with E-state index in [1.165, 1.54) is 10.9 Å². The van der Waals surface area contributed by atoms with Crippen molar-refractivity contribution in [3.8, 4) is 0 Å². The van der Waals surface area contributed by atoms with E-state index in [4.69, 9.17) is 10.2 Å². The van der Waals surface area contributed by atoms with Gasteiger partial charge in [0.1, 0.15) is 11.3 Å². The van der Waals surface area contributed by atoms with Gasteiger partial charge in [0.15, 0.2) is 0 Å². The Morgan fingerprint density at radius 3 is 2.84 bits per heavy atom. The lowest BCUT2D eigenvalue weighted by molar-refractivity contribution is 0.402. The van der Waals surface area contributed by atoms with Crippen LogP contribution < -0.4 is 5.73 Å². The maximum Gasteiger partial charge on any atom is 0.134 e. The van der Waals surface area contributed by atoms with Crippen LogP contribution in [0.1, 0.15) is 17.7 Å². The molecule has 0 fully saturated rings. The largest absolute Gasteiger partial charge is 0.460 e. The third kappa shape index (κ3) is 4.27. The molecule has 0 radical (unpaired) electrons. The molecule has 19 heavy (non-hydrogen) atoms. The molecule has 104 valence electrons. The third-order valence-electron chi connectivity index (χ3n) is 2.87. The lowest BCUT2D eigenvalue weighted by atomic mass is 10.1. The van der Waals surface area contributed by atoms with Gasteiger partial charge in [-0.25, -0.2) is 0 Å². The number of hydrogen-bond acceptors (Lipinski definition) is 4. The van der Waals surface area contributed by atoms with E-state index in [1.807, 2.05) is 11.8 Å². The predicted molar refractivity (Wildman–Crippen MR) is 83.4 cm³/mol. The normalized spacial score (nSPS) is 11.6. The van der Waals surface area contributed by atoms with Gasteiger partial charge in [0.25, 0.3) is 0 Å². The number of nitrogens with zero attached hydrogens (tertiary/aromatic N) is 1. The lowest BCUT2D eigenvalue weighted by Gasteiger charge is -2.08. The molecule has 4 heteroatoms. The molecule has 0 unspecified atom stereocenters. The van der Waals surface area contributed by atoms with E-state index in [9.17, 15) is 0 Å². The van der Waals surface area contributed by atoms with Gasteiger partial charge in [-0.2, -0.15) is 11.8 Å². The van der Waals surface area contributed by atoms with Gasteiger partial charge in [-0.1, -0.05) is 12.1 Å². The van der Waals surface area contributed by atoms with Gasteiger partial charge in [0.05, 0.1) is 5.75 Å². The molecule has 0 aliphatic carbocycles. The SMILES string of the molecule is CN(C)Cc1ccc2cc(CSCCCN)oc2c1. The van der Waals surface area contributed by atoms with E-state index in [1.54, 1.807) is 0 Å². The molecule has 0 atom stereocenters. The molecule has 0 aliphatic rings. The number of furan rings is 1. The Labute approximate surface area is 119 Å². The van der Waals surface area contributed by atoms with Crippen molar-refractivity contribution < 1.29 is 4.42 Å². The molecular weight excluding hydrogens is 256 g/mol. The minimum atomic E-state index is 0.765. The van der Waals surface area contributed by atoms with Crippen molar-refractivity contribution in [1.82, 2.24) is 4.90 Å².